The van der Waals surface area contributed by atoms with Crippen molar-refractivity contribution in [2.24, 2.45) is 0 Å². The standard InChI is InChI=1S/C26H53NO2/c1-6-7-8-9-10-11-13-16-19-28-20-17-14-12-15-18-21-29-24-22-25(2,3)27-26(4,5)23-24/h24,27H,6-23H2,1-5H3. The van der Waals surface area contributed by atoms with Crippen LogP contribution in [0.4, 0.5) is 0 Å². The van der Waals surface area contributed by atoms with Crippen LogP contribution in [0.3, 0.4) is 0 Å². The molecule has 0 bridgehead atoms. The number of unbranched alkanes of at least 4 members (excludes halogenated alkanes) is 11. The summed E-state index contributed by atoms with van der Waals surface area (Å²) in [5, 5.41) is 3.73. The van der Waals surface area contributed by atoms with E-state index in [1.165, 1.54) is 83.5 Å². The van der Waals surface area contributed by atoms with Crippen molar-refractivity contribution in [3.63, 3.8) is 0 Å². The SMILES string of the molecule is CCCCCCCCCCOCCCCCCCOC1CC(C)(C)NC(C)(C)C1. The second-order valence-corrected chi connectivity index (χ2v) is 10.6. The zero-order valence-electron chi connectivity index (χ0n) is 20.6. The highest BCUT2D eigenvalue weighted by molar-refractivity contribution is 4.97. The van der Waals surface area contributed by atoms with E-state index in [-0.39, 0.29) is 11.1 Å². The third-order valence-corrected chi connectivity index (χ3v) is 6.08. The number of nitrogens with one attached hydrogen (secondary N) is 1. The molecule has 0 atom stereocenters. The lowest BCUT2D eigenvalue weighted by atomic mass is 9.81. The quantitative estimate of drug-likeness (QED) is 0.238. The first-order valence-electron chi connectivity index (χ1n) is 12.8. The molecule has 1 fully saturated rings. The minimum atomic E-state index is 0.182. The highest BCUT2D eigenvalue weighted by Crippen LogP contribution is 2.30. The van der Waals surface area contributed by atoms with Crippen LogP contribution >= 0.6 is 0 Å². The van der Waals surface area contributed by atoms with E-state index in [0.717, 1.165) is 32.7 Å². The van der Waals surface area contributed by atoms with Gasteiger partial charge in [-0.1, -0.05) is 71.1 Å². The van der Waals surface area contributed by atoms with Crippen molar-refractivity contribution in [3.8, 4) is 0 Å². The van der Waals surface area contributed by atoms with Crippen LogP contribution in [0, 0.1) is 0 Å². The van der Waals surface area contributed by atoms with Crippen LogP contribution in [0.25, 0.3) is 0 Å². The summed E-state index contributed by atoms with van der Waals surface area (Å²) in [6.45, 7) is 14.3. The molecule has 1 rings (SSSR count). The lowest BCUT2D eigenvalue weighted by molar-refractivity contribution is -0.0229. The molecule has 0 saturated carbocycles. The molecular weight excluding hydrogens is 358 g/mol. The average Bonchev–Trinajstić information content (AvgIpc) is 2.61. The molecule has 3 nitrogen and oxygen atoms in total. The molecule has 1 heterocycles. The van der Waals surface area contributed by atoms with Gasteiger partial charge in [-0.3, -0.25) is 0 Å². The van der Waals surface area contributed by atoms with E-state index in [1.54, 1.807) is 0 Å². The van der Waals surface area contributed by atoms with E-state index in [1.807, 2.05) is 0 Å². The van der Waals surface area contributed by atoms with Crippen LogP contribution in [0.2, 0.25) is 0 Å². The summed E-state index contributed by atoms with van der Waals surface area (Å²) in [5.41, 5.74) is 0.363. The van der Waals surface area contributed by atoms with Crippen LogP contribution < -0.4 is 5.32 Å². The summed E-state index contributed by atoms with van der Waals surface area (Å²) in [6, 6.07) is 0. The molecule has 1 N–H and O–H groups in total. The van der Waals surface area contributed by atoms with E-state index in [0.29, 0.717) is 6.10 Å². The summed E-state index contributed by atoms with van der Waals surface area (Å²) >= 11 is 0. The number of hydrogen-bond acceptors (Lipinski definition) is 3. The molecule has 1 saturated heterocycles. The molecule has 29 heavy (non-hydrogen) atoms. The molecule has 0 aliphatic carbocycles. The molecule has 0 radical (unpaired) electrons. The van der Waals surface area contributed by atoms with E-state index in [4.69, 9.17) is 9.47 Å². The topological polar surface area (TPSA) is 30.5 Å². The van der Waals surface area contributed by atoms with E-state index >= 15 is 0 Å². The molecule has 0 aromatic rings. The van der Waals surface area contributed by atoms with Gasteiger partial charge in [0.25, 0.3) is 0 Å². The molecule has 0 aromatic heterocycles. The van der Waals surface area contributed by atoms with Crippen molar-refractivity contribution in [1.29, 1.82) is 0 Å². The summed E-state index contributed by atoms with van der Waals surface area (Å²) in [4.78, 5) is 0. The van der Waals surface area contributed by atoms with E-state index in [2.05, 4.69) is 39.9 Å². The molecule has 174 valence electrons. The summed E-state index contributed by atoms with van der Waals surface area (Å²) in [7, 11) is 0. The molecule has 3 heteroatoms. The Bertz CT molecular complexity index is 365. The number of rotatable bonds is 18. The molecule has 0 unspecified atom stereocenters. The fourth-order valence-electron chi connectivity index (χ4n) is 4.87. The van der Waals surface area contributed by atoms with E-state index in [9.17, 15) is 0 Å². The highest BCUT2D eigenvalue weighted by atomic mass is 16.5. The number of ether oxygens (including phenoxy) is 2. The van der Waals surface area contributed by atoms with Gasteiger partial charge in [-0.15, -0.1) is 0 Å². The van der Waals surface area contributed by atoms with Crippen LogP contribution in [0.1, 0.15) is 131 Å². The van der Waals surface area contributed by atoms with Crippen LogP contribution in [-0.4, -0.2) is 37.0 Å². The van der Waals surface area contributed by atoms with Crippen molar-refractivity contribution >= 4 is 0 Å². The number of piperidine rings is 1. The lowest BCUT2D eigenvalue weighted by Gasteiger charge is -2.46. The second-order valence-electron chi connectivity index (χ2n) is 10.6. The van der Waals surface area contributed by atoms with Gasteiger partial charge in [-0.05, 0) is 59.8 Å². The molecule has 0 spiro atoms. The van der Waals surface area contributed by atoms with Gasteiger partial charge >= 0.3 is 0 Å². The van der Waals surface area contributed by atoms with Gasteiger partial charge in [-0.2, -0.15) is 0 Å². The first-order chi connectivity index (χ1) is 13.8. The van der Waals surface area contributed by atoms with Gasteiger partial charge in [0.05, 0.1) is 6.10 Å². The molecule has 1 aliphatic heterocycles. The van der Waals surface area contributed by atoms with Gasteiger partial charge in [0, 0.05) is 30.9 Å². The maximum Gasteiger partial charge on any atom is 0.0609 e. The molecule has 0 amide bonds. The molecular formula is C26H53NO2. The zero-order valence-corrected chi connectivity index (χ0v) is 20.6. The Kier molecular flexibility index (Phi) is 14.5. The Morgan fingerprint density at radius 3 is 1.52 bits per heavy atom. The third kappa shape index (κ3) is 15.3. The van der Waals surface area contributed by atoms with Crippen LogP contribution in [0.15, 0.2) is 0 Å². The predicted molar refractivity (Wildman–Crippen MR) is 127 cm³/mol. The third-order valence-electron chi connectivity index (χ3n) is 6.08. The Morgan fingerprint density at radius 1 is 0.621 bits per heavy atom. The summed E-state index contributed by atoms with van der Waals surface area (Å²) in [6.07, 6.45) is 20.0. The van der Waals surface area contributed by atoms with Crippen LogP contribution in [-0.2, 0) is 9.47 Å². The first-order valence-corrected chi connectivity index (χ1v) is 12.8. The minimum absolute atomic E-state index is 0.182. The number of hydrogen-bond donors (Lipinski definition) is 1. The maximum absolute atomic E-state index is 6.21. The Labute approximate surface area is 183 Å². The Balaban J connectivity index is 1.81. The van der Waals surface area contributed by atoms with Gasteiger partial charge in [0.15, 0.2) is 0 Å². The largest absolute Gasteiger partial charge is 0.381 e. The lowest BCUT2D eigenvalue weighted by Crippen LogP contribution is -2.59. The van der Waals surface area contributed by atoms with Gasteiger partial charge in [0.1, 0.15) is 0 Å². The van der Waals surface area contributed by atoms with Crippen molar-refractivity contribution < 1.29 is 9.47 Å². The fraction of sp³-hybridized carbons (Fsp3) is 1.00. The molecule has 1 aliphatic rings. The van der Waals surface area contributed by atoms with Gasteiger partial charge < -0.3 is 14.8 Å². The second kappa shape index (κ2) is 15.6. The predicted octanol–water partition coefficient (Wildman–Crippen LogP) is 7.42. The van der Waals surface area contributed by atoms with Crippen molar-refractivity contribution in [3.05, 3.63) is 0 Å². The van der Waals surface area contributed by atoms with Crippen molar-refractivity contribution in [2.45, 2.75) is 148 Å². The highest BCUT2D eigenvalue weighted by Gasteiger charge is 2.37. The maximum atomic E-state index is 6.21. The van der Waals surface area contributed by atoms with Crippen molar-refractivity contribution in [1.82, 2.24) is 5.32 Å². The average molecular weight is 412 g/mol. The smallest absolute Gasteiger partial charge is 0.0609 e. The van der Waals surface area contributed by atoms with Gasteiger partial charge in [-0.25, -0.2) is 0 Å². The van der Waals surface area contributed by atoms with Gasteiger partial charge in [0.2, 0.25) is 0 Å². The van der Waals surface area contributed by atoms with E-state index < -0.39 is 0 Å². The normalized spacial score (nSPS) is 18.9. The zero-order chi connectivity index (χ0) is 21.4. The van der Waals surface area contributed by atoms with Crippen molar-refractivity contribution in [2.75, 3.05) is 19.8 Å². The summed E-state index contributed by atoms with van der Waals surface area (Å²) < 4.78 is 12.0. The first kappa shape index (κ1) is 26.9. The minimum Gasteiger partial charge on any atom is -0.381 e. The fourth-order valence-corrected chi connectivity index (χ4v) is 4.87. The Hall–Kier alpha value is -0.120. The van der Waals surface area contributed by atoms with Crippen LogP contribution in [0.5, 0.6) is 0 Å². The monoisotopic (exact) mass is 411 g/mol. The molecule has 0 aromatic carbocycles. The summed E-state index contributed by atoms with van der Waals surface area (Å²) in [5.74, 6) is 0. The Morgan fingerprint density at radius 2 is 1.03 bits per heavy atom.